The molecule has 0 saturated heterocycles. The lowest BCUT2D eigenvalue weighted by Crippen LogP contribution is -2.35. The molecule has 0 aliphatic carbocycles. The van der Waals surface area contributed by atoms with Crippen molar-refractivity contribution in [2.75, 3.05) is 27.2 Å². The number of rotatable bonds is 7. The van der Waals surface area contributed by atoms with Crippen molar-refractivity contribution in [3.8, 4) is 0 Å². The fraction of sp³-hybridized carbons (Fsp3) is 0.294. The summed E-state index contributed by atoms with van der Waals surface area (Å²) >= 11 is 1.48. The Hall–Kier alpha value is -2.05. The molecule has 6 heteroatoms. The van der Waals surface area contributed by atoms with Gasteiger partial charge in [0.2, 0.25) is 5.91 Å². The van der Waals surface area contributed by atoms with E-state index in [1.165, 1.54) is 29.5 Å². The van der Waals surface area contributed by atoms with E-state index in [9.17, 15) is 9.18 Å². The molecule has 0 aliphatic rings. The molecule has 1 aromatic heterocycles. The average molecular weight is 333 g/mol. The van der Waals surface area contributed by atoms with Gasteiger partial charge in [-0.15, -0.1) is 11.3 Å². The van der Waals surface area contributed by atoms with Crippen molar-refractivity contribution in [1.82, 2.24) is 14.8 Å². The molecule has 0 bridgehead atoms. The van der Waals surface area contributed by atoms with E-state index in [1.54, 1.807) is 29.3 Å². The Kier molecular flexibility index (Phi) is 6.43. The zero-order valence-electron chi connectivity index (χ0n) is 13.3. The highest BCUT2D eigenvalue weighted by molar-refractivity contribution is 7.10. The van der Waals surface area contributed by atoms with Crippen LogP contribution >= 0.6 is 11.3 Å². The number of hydrogen-bond donors (Lipinski definition) is 0. The van der Waals surface area contributed by atoms with Crippen LogP contribution in [0.25, 0.3) is 6.08 Å². The third kappa shape index (κ3) is 5.92. The van der Waals surface area contributed by atoms with E-state index in [4.69, 9.17) is 0 Å². The number of aromatic nitrogens is 1. The smallest absolute Gasteiger partial charge is 0.247 e. The van der Waals surface area contributed by atoms with Gasteiger partial charge in [0.1, 0.15) is 10.8 Å². The minimum absolute atomic E-state index is 0.0774. The zero-order chi connectivity index (χ0) is 16.7. The first-order chi connectivity index (χ1) is 11.0. The molecule has 2 rings (SSSR count). The second-order valence-corrected chi connectivity index (χ2v) is 6.32. The molecule has 0 atom stereocenters. The third-order valence-corrected chi connectivity index (χ3v) is 3.98. The van der Waals surface area contributed by atoms with Crippen LogP contribution in [-0.2, 0) is 11.3 Å². The minimum Gasteiger partial charge on any atom is -0.334 e. The molecule has 0 aliphatic heterocycles. The number of likely N-dealkylation sites (N-methyl/N-ethyl adjacent to an activating group) is 1. The summed E-state index contributed by atoms with van der Waals surface area (Å²) < 4.78 is 13.0. The molecule has 0 fully saturated rings. The summed E-state index contributed by atoms with van der Waals surface area (Å²) in [5, 5.41) is 2.67. The molecular formula is C17H20FN3OS. The van der Waals surface area contributed by atoms with Crippen molar-refractivity contribution >= 4 is 23.3 Å². The lowest BCUT2D eigenvalue weighted by atomic mass is 10.2. The lowest BCUT2D eigenvalue weighted by molar-refractivity contribution is -0.126. The standard InChI is InChI=1S/C17H20FN3OS/c1-20(2)10-11-21(13-14-3-5-15(18)6-4-14)17(22)8-7-16-19-9-12-23-16/h3-9,12H,10-11,13H2,1-2H3. The van der Waals surface area contributed by atoms with Gasteiger partial charge in [-0.1, -0.05) is 12.1 Å². The summed E-state index contributed by atoms with van der Waals surface area (Å²) in [6, 6.07) is 6.23. The second kappa shape index (κ2) is 8.55. The molecule has 4 nitrogen and oxygen atoms in total. The lowest BCUT2D eigenvalue weighted by Gasteiger charge is -2.23. The highest BCUT2D eigenvalue weighted by atomic mass is 32.1. The molecule has 1 heterocycles. The van der Waals surface area contributed by atoms with Gasteiger partial charge in [-0.2, -0.15) is 0 Å². The van der Waals surface area contributed by atoms with Gasteiger partial charge in [0.15, 0.2) is 0 Å². The number of nitrogens with zero attached hydrogens (tertiary/aromatic N) is 3. The van der Waals surface area contributed by atoms with E-state index in [1.807, 2.05) is 24.4 Å². The van der Waals surface area contributed by atoms with Gasteiger partial charge in [0.05, 0.1) is 0 Å². The monoisotopic (exact) mass is 333 g/mol. The number of amides is 1. The van der Waals surface area contributed by atoms with Gasteiger partial charge in [-0.25, -0.2) is 9.37 Å². The molecule has 0 saturated carbocycles. The van der Waals surface area contributed by atoms with Gasteiger partial charge < -0.3 is 9.80 Å². The molecule has 1 amide bonds. The maximum atomic E-state index is 13.0. The summed E-state index contributed by atoms with van der Waals surface area (Å²) in [6.07, 6.45) is 4.97. The number of hydrogen-bond acceptors (Lipinski definition) is 4. The number of carbonyl (C=O) groups excluding carboxylic acids is 1. The first-order valence-corrected chi connectivity index (χ1v) is 8.18. The zero-order valence-corrected chi connectivity index (χ0v) is 14.1. The van der Waals surface area contributed by atoms with E-state index >= 15 is 0 Å². The Morgan fingerprint density at radius 3 is 2.61 bits per heavy atom. The van der Waals surface area contributed by atoms with Crippen LogP contribution in [0.2, 0.25) is 0 Å². The average Bonchev–Trinajstić information content (AvgIpc) is 3.04. The summed E-state index contributed by atoms with van der Waals surface area (Å²) in [5.41, 5.74) is 0.904. The summed E-state index contributed by atoms with van der Waals surface area (Å²) in [7, 11) is 3.93. The number of thiazole rings is 1. The predicted octanol–water partition coefficient (Wildman–Crippen LogP) is 2.89. The molecule has 122 valence electrons. The van der Waals surface area contributed by atoms with E-state index in [0.717, 1.165) is 17.1 Å². The van der Waals surface area contributed by atoms with Gasteiger partial charge in [0, 0.05) is 37.3 Å². The molecule has 0 unspecified atom stereocenters. The molecular weight excluding hydrogens is 313 g/mol. The van der Waals surface area contributed by atoms with Crippen molar-refractivity contribution in [3.63, 3.8) is 0 Å². The summed E-state index contributed by atoms with van der Waals surface area (Å²) in [5.74, 6) is -0.352. The van der Waals surface area contributed by atoms with Gasteiger partial charge in [-0.05, 0) is 37.9 Å². The molecule has 0 spiro atoms. The minimum atomic E-state index is -0.274. The Morgan fingerprint density at radius 1 is 1.26 bits per heavy atom. The Bertz CT molecular complexity index is 638. The van der Waals surface area contributed by atoms with Crippen molar-refractivity contribution in [2.24, 2.45) is 0 Å². The van der Waals surface area contributed by atoms with Crippen LogP contribution in [-0.4, -0.2) is 47.9 Å². The van der Waals surface area contributed by atoms with Gasteiger partial charge in [-0.3, -0.25) is 4.79 Å². The van der Waals surface area contributed by atoms with Crippen LogP contribution < -0.4 is 0 Å². The van der Waals surface area contributed by atoms with Crippen molar-refractivity contribution in [1.29, 1.82) is 0 Å². The summed E-state index contributed by atoms with van der Waals surface area (Å²) in [4.78, 5) is 20.3. The topological polar surface area (TPSA) is 36.4 Å². The van der Waals surface area contributed by atoms with Crippen molar-refractivity contribution < 1.29 is 9.18 Å². The number of benzene rings is 1. The predicted molar refractivity (Wildman–Crippen MR) is 91.5 cm³/mol. The van der Waals surface area contributed by atoms with Crippen LogP contribution in [0.4, 0.5) is 4.39 Å². The Morgan fingerprint density at radius 2 is 2.00 bits per heavy atom. The third-order valence-electron chi connectivity index (χ3n) is 3.24. The quantitative estimate of drug-likeness (QED) is 0.731. The number of carbonyl (C=O) groups is 1. The largest absolute Gasteiger partial charge is 0.334 e. The van der Waals surface area contributed by atoms with Gasteiger partial charge >= 0.3 is 0 Å². The van der Waals surface area contributed by atoms with E-state index in [-0.39, 0.29) is 11.7 Å². The second-order valence-electron chi connectivity index (χ2n) is 5.39. The molecule has 23 heavy (non-hydrogen) atoms. The maximum Gasteiger partial charge on any atom is 0.247 e. The van der Waals surface area contributed by atoms with Crippen molar-refractivity contribution in [2.45, 2.75) is 6.54 Å². The van der Waals surface area contributed by atoms with Crippen molar-refractivity contribution in [3.05, 3.63) is 58.3 Å². The van der Waals surface area contributed by atoms with E-state index < -0.39 is 0 Å². The number of halogens is 1. The molecule has 2 aromatic rings. The molecule has 0 radical (unpaired) electrons. The van der Waals surface area contributed by atoms with Crippen LogP contribution in [0.15, 0.2) is 41.9 Å². The normalized spacial score (nSPS) is 11.3. The fourth-order valence-corrected chi connectivity index (χ4v) is 2.49. The Labute approximate surface area is 139 Å². The van der Waals surface area contributed by atoms with Crippen LogP contribution in [0.5, 0.6) is 0 Å². The Balaban J connectivity index is 2.05. The van der Waals surface area contributed by atoms with Gasteiger partial charge in [0.25, 0.3) is 0 Å². The molecule has 0 N–H and O–H groups in total. The van der Waals surface area contributed by atoms with E-state index in [2.05, 4.69) is 4.98 Å². The van der Waals surface area contributed by atoms with E-state index in [0.29, 0.717) is 13.1 Å². The first-order valence-electron chi connectivity index (χ1n) is 7.30. The summed E-state index contributed by atoms with van der Waals surface area (Å²) in [6.45, 7) is 1.82. The maximum absolute atomic E-state index is 13.0. The first kappa shape index (κ1) is 17.3. The fourth-order valence-electron chi connectivity index (χ4n) is 1.96. The molecule has 1 aromatic carbocycles. The SMILES string of the molecule is CN(C)CCN(Cc1ccc(F)cc1)C(=O)C=Cc1nccs1. The van der Waals surface area contributed by atoms with Crippen LogP contribution in [0.1, 0.15) is 10.6 Å². The highest BCUT2D eigenvalue weighted by Crippen LogP contribution is 2.10. The highest BCUT2D eigenvalue weighted by Gasteiger charge is 2.12. The van der Waals surface area contributed by atoms with Crippen LogP contribution in [0, 0.1) is 5.82 Å². The van der Waals surface area contributed by atoms with Crippen LogP contribution in [0.3, 0.4) is 0 Å².